The van der Waals surface area contributed by atoms with Crippen molar-refractivity contribution >= 4 is 50.8 Å². The molecule has 0 N–H and O–H groups in total. The van der Waals surface area contributed by atoms with Gasteiger partial charge in [0.1, 0.15) is 5.75 Å². The standard InChI is InChI=1S/C19H19ClN2O2S2/c1-3-10-22-16-9-6-14(24-2)11-17(16)26-19(22)21-18(23)12-25-15-7-4-13(20)5-8-15/h4-9,11H,3,10,12H2,1-2H3. The second-order valence-corrected chi connectivity index (χ2v) is 8.11. The molecular weight excluding hydrogens is 388 g/mol. The molecule has 26 heavy (non-hydrogen) atoms. The highest BCUT2D eigenvalue weighted by atomic mass is 35.5. The minimum atomic E-state index is -0.145. The molecule has 136 valence electrons. The number of aromatic nitrogens is 1. The van der Waals surface area contributed by atoms with Gasteiger partial charge in [0, 0.05) is 16.5 Å². The molecule has 2 aromatic carbocycles. The highest BCUT2D eigenvalue weighted by molar-refractivity contribution is 8.00. The van der Waals surface area contributed by atoms with Gasteiger partial charge in [-0.3, -0.25) is 4.79 Å². The molecule has 7 heteroatoms. The minimum Gasteiger partial charge on any atom is -0.497 e. The summed E-state index contributed by atoms with van der Waals surface area (Å²) in [6, 6.07) is 13.4. The molecule has 0 aliphatic heterocycles. The number of thiazole rings is 1. The van der Waals surface area contributed by atoms with Gasteiger partial charge in [0.25, 0.3) is 5.91 Å². The summed E-state index contributed by atoms with van der Waals surface area (Å²) in [6.07, 6.45) is 0.971. The van der Waals surface area contributed by atoms with Crippen molar-refractivity contribution in [3.05, 3.63) is 52.3 Å². The Morgan fingerprint density at radius 2 is 2.04 bits per heavy atom. The molecule has 0 saturated heterocycles. The maximum absolute atomic E-state index is 12.4. The Morgan fingerprint density at radius 3 is 2.73 bits per heavy atom. The number of thioether (sulfide) groups is 1. The van der Waals surface area contributed by atoms with Gasteiger partial charge in [-0.2, -0.15) is 4.99 Å². The maximum atomic E-state index is 12.4. The van der Waals surface area contributed by atoms with Crippen molar-refractivity contribution in [2.45, 2.75) is 24.8 Å². The Balaban J connectivity index is 1.85. The zero-order chi connectivity index (χ0) is 18.5. The van der Waals surface area contributed by atoms with Gasteiger partial charge in [-0.25, -0.2) is 0 Å². The molecule has 4 nitrogen and oxygen atoms in total. The van der Waals surface area contributed by atoms with Crippen LogP contribution in [0.5, 0.6) is 5.75 Å². The number of aryl methyl sites for hydroxylation is 1. The van der Waals surface area contributed by atoms with Crippen molar-refractivity contribution in [2.75, 3.05) is 12.9 Å². The molecule has 1 heterocycles. The molecule has 0 aliphatic carbocycles. The second-order valence-electron chi connectivity index (χ2n) is 5.62. The third-order valence-corrected chi connectivity index (χ3v) is 6.02. The molecule has 0 radical (unpaired) electrons. The fourth-order valence-corrected chi connectivity index (χ4v) is 4.43. The molecule has 0 bridgehead atoms. The summed E-state index contributed by atoms with van der Waals surface area (Å²) in [5, 5.41) is 0.687. The highest BCUT2D eigenvalue weighted by Crippen LogP contribution is 2.24. The summed E-state index contributed by atoms with van der Waals surface area (Å²) >= 11 is 8.86. The SMILES string of the molecule is CCCn1c(=NC(=O)CSc2ccc(Cl)cc2)sc2cc(OC)ccc21. The topological polar surface area (TPSA) is 43.6 Å². The Kier molecular flexibility index (Phi) is 6.40. The molecule has 0 saturated carbocycles. The number of methoxy groups -OCH3 is 1. The smallest absolute Gasteiger partial charge is 0.258 e. The van der Waals surface area contributed by atoms with E-state index in [-0.39, 0.29) is 5.91 Å². The lowest BCUT2D eigenvalue weighted by atomic mass is 10.3. The van der Waals surface area contributed by atoms with E-state index in [2.05, 4.69) is 16.5 Å². The minimum absolute atomic E-state index is 0.145. The van der Waals surface area contributed by atoms with Crippen LogP contribution in [0.1, 0.15) is 13.3 Å². The number of rotatable bonds is 6. The van der Waals surface area contributed by atoms with E-state index in [9.17, 15) is 4.79 Å². The molecule has 0 unspecified atom stereocenters. The van der Waals surface area contributed by atoms with Crippen molar-refractivity contribution < 1.29 is 9.53 Å². The van der Waals surface area contributed by atoms with Crippen LogP contribution >= 0.6 is 34.7 Å². The van der Waals surface area contributed by atoms with Gasteiger partial charge >= 0.3 is 0 Å². The molecule has 3 rings (SSSR count). The van der Waals surface area contributed by atoms with Crippen LogP contribution in [-0.4, -0.2) is 23.3 Å². The fraction of sp³-hybridized carbons (Fsp3) is 0.263. The van der Waals surface area contributed by atoms with Crippen LogP contribution in [0.3, 0.4) is 0 Å². The van der Waals surface area contributed by atoms with E-state index in [1.807, 2.05) is 42.5 Å². The summed E-state index contributed by atoms with van der Waals surface area (Å²) in [6.45, 7) is 2.94. The molecular formula is C19H19ClN2O2S2. The number of amides is 1. The van der Waals surface area contributed by atoms with Crippen molar-refractivity contribution in [1.82, 2.24) is 4.57 Å². The summed E-state index contributed by atoms with van der Waals surface area (Å²) in [5.41, 5.74) is 1.08. The lowest BCUT2D eigenvalue weighted by molar-refractivity contribution is -0.115. The van der Waals surface area contributed by atoms with Gasteiger partial charge < -0.3 is 9.30 Å². The number of ether oxygens (including phenoxy) is 1. The summed E-state index contributed by atoms with van der Waals surface area (Å²) in [4.78, 5) is 18.5. The summed E-state index contributed by atoms with van der Waals surface area (Å²) in [5.74, 6) is 0.956. The quantitative estimate of drug-likeness (QED) is 0.541. The van der Waals surface area contributed by atoms with Gasteiger partial charge in [-0.05, 0) is 48.9 Å². The van der Waals surface area contributed by atoms with Crippen LogP contribution in [0, 0.1) is 0 Å². The summed E-state index contributed by atoms with van der Waals surface area (Å²) < 4.78 is 8.46. The first-order valence-electron chi connectivity index (χ1n) is 8.24. The van der Waals surface area contributed by atoms with Crippen molar-refractivity contribution in [3.8, 4) is 5.75 Å². The van der Waals surface area contributed by atoms with Crippen LogP contribution in [0.15, 0.2) is 52.4 Å². The second kappa shape index (κ2) is 8.75. The monoisotopic (exact) mass is 406 g/mol. The zero-order valence-corrected chi connectivity index (χ0v) is 17.0. The van der Waals surface area contributed by atoms with E-state index < -0.39 is 0 Å². The molecule has 0 atom stereocenters. The first kappa shape index (κ1) is 19.0. The summed E-state index contributed by atoms with van der Waals surface area (Å²) in [7, 11) is 1.65. The van der Waals surface area contributed by atoms with Crippen molar-refractivity contribution in [3.63, 3.8) is 0 Å². The van der Waals surface area contributed by atoms with Gasteiger partial charge in [0.2, 0.25) is 0 Å². The molecule has 0 fully saturated rings. The predicted octanol–water partition coefficient (Wildman–Crippen LogP) is 4.99. The Labute approximate surface area is 165 Å². The van der Waals surface area contributed by atoms with Gasteiger partial charge in [0.05, 0.1) is 23.1 Å². The number of halogens is 1. The van der Waals surface area contributed by atoms with Gasteiger partial charge in [-0.1, -0.05) is 29.9 Å². The Hall–Kier alpha value is -1.76. The van der Waals surface area contributed by atoms with Gasteiger partial charge in [-0.15, -0.1) is 11.8 Å². The highest BCUT2D eigenvalue weighted by Gasteiger charge is 2.09. The average Bonchev–Trinajstić information content (AvgIpc) is 2.98. The maximum Gasteiger partial charge on any atom is 0.258 e. The first-order valence-corrected chi connectivity index (χ1v) is 10.4. The van der Waals surface area contributed by atoms with Crippen molar-refractivity contribution in [2.24, 2.45) is 4.99 Å². The molecule has 0 aliphatic rings. The lowest BCUT2D eigenvalue weighted by Gasteiger charge is -2.03. The number of carbonyl (C=O) groups excluding carboxylic acids is 1. The van der Waals surface area contributed by atoms with E-state index in [1.54, 1.807) is 7.11 Å². The predicted molar refractivity (Wildman–Crippen MR) is 109 cm³/mol. The first-order chi connectivity index (χ1) is 12.6. The number of fused-ring (bicyclic) bond motifs is 1. The van der Waals surface area contributed by atoms with E-state index >= 15 is 0 Å². The molecule has 0 spiro atoms. The van der Waals surface area contributed by atoms with Crippen LogP contribution in [0.2, 0.25) is 5.02 Å². The normalized spacial score (nSPS) is 11.9. The number of carbonyl (C=O) groups is 1. The van der Waals surface area contributed by atoms with Gasteiger partial charge in [0.15, 0.2) is 4.80 Å². The van der Waals surface area contributed by atoms with E-state index in [1.165, 1.54) is 23.1 Å². The fourth-order valence-electron chi connectivity index (χ4n) is 2.52. The largest absolute Gasteiger partial charge is 0.497 e. The third kappa shape index (κ3) is 4.50. The Morgan fingerprint density at radius 1 is 1.27 bits per heavy atom. The van der Waals surface area contributed by atoms with Crippen LogP contribution in [-0.2, 0) is 11.3 Å². The number of hydrogen-bond acceptors (Lipinski definition) is 4. The van der Waals surface area contributed by atoms with Crippen molar-refractivity contribution in [1.29, 1.82) is 0 Å². The number of benzene rings is 2. The molecule has 3 aromatic rings. The average molecular weight is 407 g/mol. The van der Waals surface area contributed by atoms with E-state index in [0.29, 0.717) is 10.8 Å². The van der Waals surface area contributed by atoms with E-state index in [0.717, 1.165) is 38.6 Å². The van der Waals surface area contributed by atoms with Crippen LogP contribution < -0.4 is 9.54 Å². The molecule has 1 amide bonds. The number of nitrogens with zero attached hydrogens (tertiary/aromatic N) is 2. The third-order valence-electron chi connectivity index (χ3n) is 3.73. The van der Waals surface area contributed by atoms with Crippen LogP contribution in [0.25, 0.3) is 10.2 Å². The van der Waals surface area contributed by atoms with E-state index in [4.69, 9.17) is 16.3 Å². The molecule has 1 aromatic heterocycles. The zero-order valence-electron chi connectivity index (χ0n) is 14.6. The van der Waals surface area contributed by atoms with Crippen LogP contribution in [0.4, 0.5) is 0 Å². The lowest BCUT2D eigenvalue weighted by Crippen LogP contribution is -2.17. The number of hydrogen-bond donors (Lipinski definition) is 0. The Bertz CT molecular complexity index is 977.